The van der Waals surface area contributed by atoms with Crippen molar-refractivity contribution in [2.75, 3.05) is 6.61 Å². The average molecular weight is 537 g/mol. The number of esters is 1. The molecule has 0 aromatic carbocycles. The standard InChI is InChI=1S/C29H44O9/c1-14-23(32)24(33)25(34)26(37-14)38-17-6-8-27(2)16(11-17)4-5-19-22(27)20(30)12-28(3)18(7-9-29(19,28)35)15-10-21(31)36-13-15/h10,14,16-20,22-26,30,32-35H,4-9,11-13H2,1-3H3/t14?,16-,17+,18-,19?,20?,22?,23-,24?,25?,26-,27+,28-,29+/m1/s1. The predicted octanol–water partition coefficient (Wildman–Crippen LogP) is 1.43. The molecule has 2 heterocycles. The summed E-state index contributed by atoms with van der Waals surface area (Å²) in [4.78, 5) is 11.8. The maximum Gasteiger partial charge on any atom is 0.331 e. The zero-order valence-corrected chi connectivity index (χ0v) is 22.7. The van der Waals surface area contributed by atoms with E-state index in [1.54, 1.807) is 13.0 Å². The van der Waals surface area contributed by atoms with Crippen LogP contribution in [0.25, 0.3) is 0 Å². The molecule has 0 radical (unpaired) electrons. The number of rotatable bonds is 3. The molecule has 4 saturated carbocycles. The number of hydrogen-bond donors (Lipinski definition) is 5. The van der Waals surface area contributed by atoms with Crippen LogP contribution in [0.2, 0.25) is 0 Å². The largest absolute Gasteiger partial charge is 0.458 e. The second-order valence-corrected chi connectivity index (χ2v) is 13.7. The predicted molar refractivity (Wildman–Crippen MR) is 134 cm³/mol. The Morgan fingerprint density at radius 3 is 2.47 bits per heavy atom. The monoisotopic (exact) mass is 536 g/mol. The van der Waals surface area contributed by atoms with Gasteiger partial charge in [0.25, 0.3) is 0 Å². The number of aliphatic hydroxyl groups is 5. The highest BCUT2D eigenvalue weighted by atomic mass is 16.7. The molecule has 4 aliphatic carbocycles. The van der Waals surface area contributed by atoms with Crippen LogP contribution in [0.1, 0.15) is 72.1 Å². The lowest BCUT2D eigenvalue weighted by Crippen LogP contribution is -2.66. The molecule has 0 amide bonds. The molecule has 6 rings (SSSR count). The topological polar surface area (TPSA) is 146 Å². The van der Waals surface area contributed by atoms with Crippen molar-refractivity contribution >= 4 is 5.97 Å². The highest BCUT2D eigenvalue weighted by molar-refractivity contribution is 5.85. The van der Waals surface area contributed by atoms with E-state index in [4.69, 9.17) is 14.2 Å². The molecule has 6 unspecified atom stereocenters. The minimum atomic E-state index is -1.32. The normalized spacial score (nSPS) is 56.5. The van der Waals surface area contributed by atoms with Crippen molar-refractivity contribution in [1.29, 1.82) is 0 Å². The third kappa shape index (κ3) is 3.80. The quantitative estimate of drug-likeness (QED) is 0.267. The van der Waals surface area contributed by atoms with Gasteiger partial charge in [0, 0.05) is 11.5 Å². The van der Waals surface area contributed by atoms with Crippen LogP contribution in [-0.4, -0.2) is 86.6 Å². The Morgan fingerprint density at radius 1 is 1.00 bits per heavy atom. The average Bonchev–Trinajstić information content (AvgIpc) is 3.41. The summed E-state index contributed by atoms with van der Waals surface area (Å²) in [7, 11) is 0. The number of cyclic esters (lactones) is 1. The number of fused-ring (bicyclic) bond motifs is 5. The van der Waals surface area contributed by atoms with Crippen molar-refractivity contribution in [3.8, 4) is 0 Å². The lowest BCUT2D eigenvalue weighted by Gasteiger charge is -2.65. The molecule has 9 heteroatoms. The van der Waals surface area contributed by atoms with E-state index in [0.717, 1.165) is 44.1 Å². The first-order chi connectivity index (χ1) is 17.9. The fourth-order valence-corrected chi connectivity index (χ4v) is 9.91. The summed E-state index contributed by atoms with van der Waals surface area (Å²) in [5.74, 6) is -0.0314. The van der Waals surface area contributed by atoms with Gasteiger partial charge in [-0.25, -0.2) is 4.79 Å². The van der Waals surface area contributed by atoms with Gasteiger partial charge in [-0.1, -0.05) is 13.8 Å². The maximum absolute atomic E-state index is 12.4. The summed E-state index contributed by atoms with van der Waals surface area (Å²) in [6.07, 6.45) is 1.49. The number of aliphatic hydroxyl groups excluding tert-OH is 4. The molecule has 1 saturated heterocycles. The molecule has 9 nitrogen and oxygen atoms in total. The van der Waals surface area contributed by atoms with Crippen LogP contribution in [0.4, 0.5) is 0 Å². The number of carbonyl (C=O) groups excluding carboxylic acids is 1. The van der Waals surface area contributed by atoms with Crippen molar-refractivity contribution in [2.24, 2.45) is 34.5 Å². The first-order valence-electron chi connectivity index (χ1n) is 14.5. The Kier molecular flexibility index (Phi) is 6.58. The van der Waals surface area contributed by atoms with Gasteiger partial charge < -0.3 is 39.7 Å². The molecule has 2 aliphatic heterocycles. The Labute approximate surface area is 224 Å². The van der Waals surface area contributed by atoms with E-state index in [9.17, 15) is 30.3 Å². The molecule has 0 aromatic heterocycles. The zero-order valence-electron chi connectivity index (χ0n) is 22.7. The summed E-state index contributed by atoms with van der Waals surface area (Å²) in [5.41, 5.74) is -0.607. The molecule has 6 aliphatic rings. The van der Waals surface area contributed by atoms with Gasteiger partial charge in [0.1, 0.15) is 24.9 Å². The summed E-state index contributed by atoms with van der Waals surface area (Å²) < 4.78 is 17.1. The molecule has 5 fully saturated rings. The molecule has 0 spiro atoms. The summed E-state index contributed by atoms with van der Waals surface area (Å²) in [5, 5.41) is 54.7. The number of ether oxygens (including phenoxy) is 3. The van der Waals surface area contributed by atoms with Crippen LogP contribution < -0.4 is 0 Å². The van der Waals surface area contributed by atoms with Gasteiger partial charge >= 0.3 is 5.97 Å². The highest BCUT2D eigenvalue weighted by Gasteiger charge is 2.70. The van der Waals surface area contributed by atoms with Crippen molar-refractivity contribution < 1.29 is 44.5 Å². The smallest absolute Gasteiger partial charge is 0.331 e. The Hall–Kier alpha value is -1.07. The minimum Gasteiger partial charge on any atom is -0.458 e. The fraction of sp³-hybridized carbons (Fsp3) is 0.897. The third-order valence-electron chi connectivity index (χ3n) is 12.0. The molecular weight excluding hydrogens is 492 g/mol. The van der Waals surface area contributed by atoms with Crippen LogP contribution in [0, 0.1) is 34.5 Å². The van der Waals surface area contributed by atoms with Gasteiger partial charge in [-0.15, -0.1) is 0 Å². The van der Waals surface area contributed by atoms with E-state index in [1.165, 1.54) is 0 Å². The fourth-order valence-electron chi connectivity index (χ4n) is 9.91. The minimum absolute atomic E-state index is 0.0143. The van der Waals surface area contributed by atoms with Gasteiger partial charge in [0.05, 0.1) is 23.9 Å². The van der Waals surface area contributed by atoms with Crippen LogP contribution in [-0.2, 0) is 19.0 Å². The molecule has 38 heavy (non-hydrogen) atoms. The maximum atomic E-state index is 12.4. The molecule has 0 aromatic rings. The van der Waals surface area contributed by atoms with Crippen molar-refractivity contribution in [1.82, 2.24) is 0 Å². The van der Waals surface area contributed by atoms with E-state index >= 15 is 0 Å². The Bertz CT molecular complexity index is 985. The van der Waals surface area contributed by atoms with Crippen LogP contribution >= 0.6 is 0 Å². The lowest BCUT2D eigenvalue weighted by molar-refractivity contribution is -0.311. The SMILES string of the molecule is CC1O[C@H](O[C@H]2CC[C@]3(C)C4C(O)C[C@]5(C)[C@@H](C6=CC(=O)OC6)CC[C@]5(O)C4CC[C@@H]3C2)C(O)C(O)[C@@H]1O. The van der Waals surface area contributed by atoms with E-state index in [2.05, 4.69) is 13.8 Å². The van der Waals surface area contributed by atoms with Crippen LogP contribution in [0.5, 0.6) is 0 Å². The summed E-state index contributed by atoms with van der Waals surface area (Å²) >= 11 is 0. The zero-order chi connectivity index (χ0) is 27.2. The van der Waals surface area contributed by atoms with Crippen molar-refractivity contribution in [3.63, 3.8) is 0 Å². The third-order valence-corrected chi connectivity index (χ3v) is 12.0. The number of carbonyl (C=O) groups is 1. The van der Waals surface area contributed by atoms with Crippen molar-refractivity contribution in [3.05, 3.63) is 11.6 Å². The second-order valence-electron chi connectivity index (χ2n) is 13.7. The van der Waals surface area contributed by atoms with E-state index in [-0.39, 0.29) is 41.8 Å². The van der Waals surface area contributed by atoms with Crippen molar-refractivity contribution in [2.45, 2.75) is 121 Å². The first kappa shape index (κ1) is 27.1. The molecule has 5 N–H and O–H groups in total. The van der Waals surface area contributed by atoms with E-state index in [0.29, 0.717) is 18.8 Å². The van der Waals surface area contributed by atoms with Gasteiger partial charge in [-0.2, -0.15) is 0 Å². The first-order valence-corrected chi connectivity index (χ1v) is 14.5. The molecule has 214 valence electrons. The molecule has 14 atom stereocenters. The van der Waals surface area contributed by atoms with Gasteiger partial charge in [-0.3, -0.25) is 0 Å². The molecular formula is C29H44O9. The second kappa shape index (κ2) is 9.23. The van der Waals surface area contributed by atoms with E-state index < -0.39 is 47.8 Å². The number of hydrogen-bond acceptors (Lipinski definition) is 9. The lowest BCUT2D eigenvalue weighted by atomic mass is 9.42. The Balaban J connectivity index is 1.19. The van der Waals surface area contributed by atoms with Crippen LogP contribution in [0.3, 0.4) is 0 Å². The molecule has 0 bridgehead atoms. The van der Waals surface area contributed by atoms with Gasteiger partial charge in [0.2, 0.25) is 0 Å². The van der Waals surface area contributed by atoms with Gasteiger partial charge in [-0.05, 0) is 93.0 Å². The summed E-state index contributed by atoms with van der Waals surface area (Å²) in [6.45, 7) is 6.32. The Morgan fingerprint density at radius 2 is 1.76 bits per heavy atom. The van der Waals surface area contributed by atoms with E-state index in [1.807, 2.05) is 0 Å². The summed E-state index contributed by atoms with van der Waals surface area (Å²) in [6, 6.07) is 0. The van der Waals surface area contributed by atoms with Gasteiger partial charge in [0.15, 0.2) is 6.29 Å². The van der Waals surface area contributed by atoms with Crippen LogP contribution in [0.15, 0.2) is 11.6 Å². The highest BCUT2D eigenvalue weighted by Crippen LogP contribution is 2.70.